The van der Waals surface area contributed by atoms with Crippen molar-refractivity contribution in [3.63, 3.8) is 0 Å². The van der Waals surface area contributed by atoms with E-state index in [2.05, 4.69) is 5.32 Å². The topological polar surface area (TPSA) is 98.5 Å². The molecule has 0 saturated carbocycles. The van der Waals surface area contributed by atoms with Gasteiger partial charge in [0.05, 0.1) is 10.5 Å². The number of anilines is 1. The molecule has 0 unspecified atom stereocenters. The van der Waals surface area contributed by atoms with E-state index in [1.807, 2.05) is 0 Å². The molecule has 0 bridgehead atoms. The van der Waals surface area contributed by atoms with E-state index in [9.17, 15) is 19.7 Å². The van der Waals surface area contributed by atoms with E-state index >= 15 is 0 Å². The van der Waals surface area contributed by atoms with Crippen molar-refractivity contribution >= 4 is 23.1 Å². The maximum atomic E-state index is 12.1. The summed E-state index contributed by atoms with van der Waals surface area (Å²) in [5.74, 6) is -0.562. The molecule has 2 aromatic rings. The quantitative estimate of drug-likeness (QED) is 0.299. The van der Waals surface area contributed by atoms with Crippen LogP contribution in [-0.2, 0) is 0 Å². The van der Waals surface area contributed by atoms with E-state index in [-0.39, 0.29) is 22.8 Å². The molecule has 0 aliphatic rings. The Bertz CT molecular complexity index is 769. The third-order valence-corrected chi connectivity index (χ3v) is 3.17. The highest BCUT2D eigenvalue weighted by Gasteiger charge is 2.18. The van der Waals surface area contributed by atoms with Crippen LogP contribution in [0.2, 0.25) is 0 Å². The lowest BCUT2D eigenvalue weighted by atomic mass is 10.1. The number of ether oxygens (including phenoxy) is 1. The van der Waals surface area contributed by atoms with E-state index in [1.54, 1.807) is 7.05 Å². The molecule has 0 atom stereocenters. The van der Waals surface area contributed by atoms with Gasteiger partial charge in [-0.25, -0.2) is 4.79 Å². The van der Waals surface area contributed by atoms with Crippen molar-refractivity contribution in [3.05, 3.63) is 63.7 Å². The van der Waals surface area contributed by atoms with Crippen LogP contribution in [0, 0.1) is 10.1 Å². The first-order valence-electron chi connectivity index (χ1n) is 6.71. The monoisotopic (exact) mass is 314 g/mol. The number of hydrogen-bond acceptors (Lipinski definition) is 6. The molecular formula is C16H14N2O5. The van der Waals surface area contributed by atoms with Crippen LogP contribution in [0.1, 0.15) is 27.6 Å². The largest absolute Gasteiger partial charge is 0.423 e. The molecule has 2 aromatic carbocycles. The number of carbonyl (C=O) groups excluding carboxylic acids is 2. The molecule has 118 valence electrons. The maximum Gasteiger partial charge on any atom is 0.343 e. The molecule has 0 aromatic heterocycles. The fraction of sp³-hybridized carbons (Fsp3) is 0.125. The average Bonchev–Trinajstić information content (AvgIpc) is 2.54. The number of nitrogens with one attached hydrogen (secondary N) is 1. The summed E-state index contributed by atoms with van der Waals surface area (Å²) in [6.07, 6.45) is 0. The van der Waals surface area contributed by atoms with Crippen molar-refractivity contribution in [2.24, 2.45) is 0 Å². The SMILES string of the molecule is CNc1ccc(C(=O)Oc2ccc(C(C)=O)cc2)cc1[N+](=O)[O-]. The number of nitro benzene ring substituents is 1. The highest BCUT2D eigenvalue weighted by Crippen LogP contribution is 2.25. The molecule has 0 radical (unpaired) electrons. The second-order valence-corrected chi connectivity index (χ2v) is 4.71. The number of benzene rings is 2. The number of esters is 1. The summed E-state index contributed by atoms with van der Waals surface area (Å²) < 4.78 is 5.15. The lowest BCUT2D eigenvalue weighted by molar-refractivity contribution is -0.384. The van der Waals surface area contributed by atoms with Crippen LogP contribution < -0.4 is 10.1 Å². The van der Waals surface area contributed by atoms with Crippen LogP contribution in [0.5, 0.6) is 5.75 Å². The van der Waals surface area contributed by atoms with Gasteiger partial charge >= 0.3 is 5.97 Å². The van der Waals surface area contributed by atoms with Crippen LogP contribution in [0.4, 0.5) is 11.4 Å². The predicted molar refractivity (Wildman–Crippen MR) is 84.0 cm³/mol. The Morgan fingerprint density at radius 1 is 1.09 bits per heavy atom. The van der Waals surface area contributed by atoms with Gasteiger partial charge in [0, 0.05) is 18.7 Å². The highest BCUT2D eigenvalue weighted by atomic mass is 16.6. The van der Waals surface area contributed by atoms with Gasteiger partial charge in [0.15, 0.2) is 5.78 Å². The van der Waals surface area contributed by atoms with Gasteiger partial charge in [-0.3, -0.25) is 14.9 Å². The molecule has 0 saturated heterocycles. The van der Waals surface area contributed by atoms with Gasteiger partial charge in [0.2, 0.25) is 0 Å². The third-order valence-electron chi connectivity index (χ3n) is 3.17. The van der Waals surface area contributed by atoms with Crippen LogP contribution in [0.15, 0.2) is 42.5 Å². The first-order chi connectivity index (χ1) is 10.9. The summed E-state index contributed by atoms with van der Waals surface area (Å²) in [5.41, 5.74) is 0.649. The highest BCUT2D eigenvalue weighted by molar-refractivity contribution is 5.95. The average molecular weight is 314 g/mol. The fourth-order valence-corrected chi connectivity index (χ4v) is 1.94. The number of hydrogen-bond donors (Lipinski definition) is 1. The van der Waals surface area contributed by atoms with Crippen molar-refractivity contribution in [1.29, 1.82) is 0 Å². The predicted octanol–water partition coefficient (Wildman–Crippen LogP) is 3.06. The summed E-state index contributed by atoms with van der Waals surface area (Å²) >= 11 is 0. The Kier molecular flexibility index (Phi) is 4.70. The molecule has 0 spiro atoms. The van der Waals surface area contributed by atoms with E-state index in [0.29, 0.717) is 11.3 Å². The Labute approximate surface area is 132 Å². The van der Waals surface area contributed by atoms with Crippen molar-refractivity contribution in [2.45, 2.75) is 6.92 Å². The molecule has 0 aliphatic heterocycles. The molecule has 1 N–H and O–H groups in total. The zero-order valence-electron chi connectivity index (χ0n) is 12.5. The van der Waals surface area contributed by atoms with Gasteiger partial charge in [0.1, 0.15) is 11.4 Å². The normalized spacial score (nSPS) is 10.0. The molecule has 0 amide bonds. The molecule has 2 rings (SSSR count). The Morgan fingerprint density at radius 2 is 1.70 bits per heavy atom. The molecule has 0 heterocycles. The second kappa shape index (κ2) is 6.69. The molecule has 23 heavy (non-hydrogen) atoms. The molecule has 0 fully saturated rings. The number of Topliss-reactive ketones (excluding diaryl/α,β-unsaturated/α-hetero) is 1. The first kappa shape index (κ1) is 16.2. The van der Waals surface area contributed by atoms with E-state index < -0.39 is 10.9 Å². The van der Waals surface area contributed by atoms with Crippen molar-refractivity contribution < 1.29 is 19.2 Å². The Balaban J connectivity index is 2.22. The third kappa shape index (κ3) is 3.70. The summed E-state index contributed by atoms with van der Waals surface area (Å²) in [6, 6.07) is 10.1. The van der Waals surface area contributed by atoms with Gasteiger partial charge < -0.3 is 10.1 Å². The van der Waals surface area contributed by atoms with Crippen LogP contribution in [0.25, 0.3) is 0 Å². The van der Waals surface area contributed by atoms with Gasteiger partial charge in [-0.2, -0.15) is 0 Å². The van der Waals surface area contributed by atoms with Gasteiger partial charge in [-0.15, -0.1) is 0 Å². The number of nitrogens with zero attached hydrogens (tertiary/aromatic N) is 1. The zero-order chi connectivity index (χ0) is 17.0. The number of rotatable bonds is 5. The smallest absolute Gasteiger partial charge is 0.343 e. The lowest BCUT2D eigenvalue weighted by Gasteiger charge is -2.07. The van der Waals surface area contributed by atoms with Crippen molar-refractivity contribution in [3.8, 4) is 5.75 Å². The van der Waals surface area contributed by atoms with Crippen molar-refractivity contribution in [1.82, 2.24) is 0 Å². The lowest BCUT2D eigenvalue weighted by Crippen LogP contribution is -2.09. The maximum absolute atomic E-state index is 12.1. The van der Waals surface area contributed by atoms with E-state index in [1.165, 1.54) is 43.3 Å². The van der Waals surface area contributed by atoms with Gasteiger partial charge in [0.25, 0.3) is 5.69 Å². The molecule has 7 nitrogen and oxygen atoms in total. The van der Waals surface area contributed by atoms with Crippen LogP contribution in [-0.4, -0.2) is 23.7 Å². The number of ketones is 1. The summed E-state index contributed by atoms with van der Waals surface area (Å²) in [7, 11) is 1.55. The minimum atomic E-state index is -0.716. The van der Waals surface area contributed by atoms with Crippen molar-refractivity contribution in [2.75, 3.05) is 12.4 Å². The van der Waals surface area contributed by atoms with Crippen LogP contribution >= 0.6 is 0 Å². The van der Waals surface area contributed by atoms with Gasteiger partial charge in [-0.05, 0) is 43.3 Å². The van der Waals surface area contributed by atoms with E-state index in [0.717, 1.165) is 6.07 Å². The minimum Gasteiger partial charge on any atom is -0.423 e. The molecular weight excluding hydrogens is 300 g/mol. The standard InChI is InChI=1S/C16H14N2O5/c1-10(19)11-3-6-13(7-4-11)23-16(20)12-5-8-14(17-2)15(9-12)18(21)22/h3-9,17H,1-2H3. The number of nitro groups is 1. The summed E-state index contributed by atoms with van der Waals surface area (Å²) in [4.78, 5) is 33.7. The Morgan fingerprint density at radius 3 is 2.22 bits per heavy atom. The van der Waals surface area contributed by atoms with Crippen LogP contribution in [0.3, 0.4) is 0 Å². The number of carbonyl (C=O) groups is 2. The second-order valence-electron chi connectivity index (χ2n) is 4.71. The molecule has 7 heteroatoms. The fourth-order valence-electron chi connectivity index (χ4n) is 1.94. The van der Waals surface area contributed by atoms with Gasteiger partial charge in [-0.1, -0.05) is 0 Å². The van der Waals surface area contributed by atoms with E-state index in [4.69, 9.17) is 4.74 Å². The Hall–Kier alpha value is -3.22. The molecule has 0 aliphatic carbocycles. The summed E-state index contributed by atoms with van der Waals surface area (Å²) in [6.45, 7) is 1.43. The zero-order valence-corrected chi connectivity index (χ0v) is 12.5. The minimum absolute atomic E-state index is 0.0614. The first-order valence-corrected chi connectivity index (χ1v) is 6.71. The summed E-state index contributed by atoms with van der Waals surface area (Å²) in [5, 5.41) is 13.7.